The van der Waals surface area contributed by atoms with Gasteiger partial charge in [0.15, 0.2) is 0 Å². The number of anilines is 1. The Morgan fingerprint density at radius 1 is 1.29 bits per heavy atom. The van der Waals surface area contributed by atoms with Gasteiger partial charge < -0.3 is 5.32 Å². The number of hydrogen-bond donors (Lipinski definition) is 1. The fraction of sp³-hybridized carbons (Fsp3) is 0.312. The van der Waals surface area contributed by atoms with Crippen molar-refractivity contribution in [3.05, 3.63) is 52.4 Å². The maximum absolute atomic E-state index is 8.82. The Kier molecular flexibility index (Phi) is 5.13. The average molecular weight is 301 g/mol. The summed E-state index contributed by atoms with van der Waals surface area (Å²) in [4.78, 5) is 8.67. The van der Waals surface area contributed by atoms with Crippen molar-refractivity contribution in [2.24, 2.45) is 0 Å². The number of nitrogens with zero attached hydrogens (tertiary/aromatic N) is 3. The van der Waals surface area contributed by atoms with Crippen molar-refractivity contribution in [3.8, 4) is 6.07 Å². The molecule has 2 aromatic rings. The molecule has 1 N–H and O–H groups in total. The third-order valence-electron chi connectivity index (χ3n) is 3.12. The number of aryl methyl sites for hydroxylation is 1. The Balaban J connectivity index is 2.14. The monoisotopic (exact) mass is 300 g/mol. The number of hydrogen-bond acceptors (Lipinski definition) is 4. The third kappa shape index (κ3) is 4.17. The van der Waals surface area contributed by atoms with Gasteiger partial charge in [0.1, 0.15) is 16.8 Å². The molecule has 0 aliphatic carbocycles. The molecular weight excluding hydrogens is 284 g/mol. The van der Waals surface area contributed by atoms with Crippen LogP contribution in [0.25, 0.3) is 0 Å². The van der Waals surface area contributed by atoms with E-state index in [1.165, 1.54) is 0 Å². The quantitative estimate of drug-likeness (QED) is 0.843. The van der Waals surface area contributed by atoms with Gasteiger partial charge in [-0.2, -0.15) is 5.26 Å². The maximum Gasteiger partial charge on any atom is 0.134 e. The van der Waals surface area contributed by atoms with E-state index in [0.29, 0.717) is 10.7 Å². The molecular formula is C16H17ClN4. The topological polar surface area (TPSA) is 61.6 Å². The summed E-state index contributed by atoms with van der Waals surface area (Å²) in [6.45, 7) is 4.12. The standard InChI is InChI=1S/C16H17ClN4/c1-3-4-15-20-14(17)9-16(21-15)19-11(2)13-7-5-12(10-18)6-8-13/h5-9,11H,3-4H2,1-2H3,(H,19,20,21). The first-order valence-electron chi connectivity index (χ1n) is 6.92. The lowest BCUT2D eigenvalue weighted by Crippen LogP contribution is -2.09. The lowest BCUT2D eigenvalue weighted by atomic mass is 10.1. The number of nitrogens with one attached hydrogen (secondary N) is 1. The molecule has 21 heavy (non-hydrogen) atoms. The third-order valence-corrected chi connectivity index (χ3v) is 3.31. The zero-order valence-corrected chi connectivity index (χ0v) is 12.9. The predicted octanol–water partition coefficient (Wildman–Crippen LogP) is 4.13. The van der Waals surface area contributed by atoms with E-state index in [-0.39, 0.29) is 6.04 Å². The van der Waals surface area contributed by atoms with Gasteiger partial charge in [0.05, 0.1) is 11.6 Å². The molecule has 1 aromatic heterocycles. The second-order valence-corrected chi connectivity index (χ2v) is 5.23. The van der Waals surface area contributed by atoms with Crippen molar-refractivity contribution >= 4 is 17.4 Å². The van der Waals surface area contributed by atoms with Crippen LogP contribution in [0.5, 0.6) is 0 Å². The van der Waals surface area contributed by atoms with Crippen LogP contribution in [0.2, 0.25) is 5.15 Å². The van der Waals surface area contributed by atoms with Gasteiger partial charge in [-0.05, 0) is 31.0 Å². The molecule has 5 heteroatoms. The maximum atomic E-state index is 8.82. The van der Waals surface area contributed by atoms with Gasteiger partial charge in [-0.3, -0.25) is 0 Å². The van der Waals surface area contributed by atoms with Crippen molar-refractivity contribution in [1.29, 1.82) is 5.26 Å². The summed E-state index contributed by atoms with van der Waals surface area (Å²) < 4.78 is 0. The Bertz CT molecular complexity index is 646. The predicted molar refractivity (Wildman–Crippen MR) is 84.2 cm³/mol. The zero-order valence-electron chi connectivity index (χ0n) is 12.1. The largest absolute Gasteiger partial charge is 0.363 e. The summed E-state index contributed by atoms with van der Waals surface area (Å²) in [5.74, 6) is 1.47. The van der Waals surface area contributed by atoms with E-state index in [9.17, 15) is 0 Å². The van der Waals surface area contributed by atoms with Crippen molar-refractivity contribution in [3.63, 3.8) is 0 Å². The normalized spacial score (nSPS) is 11.7. The van der Waals surface area contributed by atoms with Crippen LogP contribution in [0.3, 0.4) is 0 Å². The van der Waals surface area contributed by atoms with Gasteiger partial charge in [-0.15, -0.1) is 0 Å². The van der Waals surface area contributed by atoms with E-state index >= 15 is 0 Å². The Labute approximate surface area is 129 Å². The van der Waals surface area contributed by atoms with Gasteiger partial charge in [-0.1, -0.05) is 30.7 Å². The Hall–Kier alpha value is -2.12. The highest BCUT2D eigenvalue weighted by Crippen LogP contribution is 2.20. The molecule has 0 amide bonds. The SMILES string of the molecule is CCCc1nc(Cl)cc(NC(C)c2ccc(C#N)cc2)n1. The van der Waals surface area contributed by atoms with Gasteiger partial charge >= 0.3 is 0 Å². The van der Waals surface area contributed by atoms with Crippen LogP contribution in [-0.2, 0) is 6.42 Å². The van der Waals surface area contributed by atoms with E-state index in [4.69, 9.17) is 16.9 Å². The molecule has 2 rings (SSSR count). The van der Waals surface area contributed by atoms with Crippen LogP contribution in [0.15, 0.2) is 30.3 Å². The summed E-state index contributed by atoms with van der Waals surface area (Å²) in [5, 5.41) is 12.6. The lowest BCUT2D eigenvalue weighted by Gasteiger charge is -2.15. The minimum Gasteiger partial charge on any atom is -0.363 e. The highest BCUT2D eigenvalue weighted by atomic mass is 35.5. The molecule has 0 aliphatic rings. The second-order valence-electron chi connectivity index (χ2n) is 4.84. The van der Waals surface area contributed by atoms with Crippen molar-refractivity contribution in [2.45, 2.75) is 32.7 Å². The first-order chi connectivity index (χ1) is 10.1. The van der Waals surface area contributed by atoms with Crippen molar-refractivity contribution in [2.75, 3.05) is 5.32 Å². The molecule has 0 spiro atoms. The van der Waals surface area contributed by atoms with Crippen molar-refractivity contribution < 1.29 is 0 Å². The Morgan fingerprint density at radius 2 is 2.00 bits per heavy atom. The van der Waals surface area contributed by atoms with Crippen LogP contribution < -0.4 is 5.32 Å². The van der Waals surface area contributed by atoms with E-state index in [0.717, 1.165) is 30.0 Å². The molecule has 1 heterocycles. The molecule has 1 aromatic carbocycles. The minimum atomic E-state index is 0.0678. The van der Waals surface area contributed by atoms with Gasteiger partial charge in [-0.25, -0.2) is 9.97 Å². The average Bonchev–Trinajstić information content (AvgIpc) is 2.47. The minimum absolute atomic E-state index is 0.0678. The fourth-order valence-electron chi connectivity index (χ4n) is 2.03. The van der Waals surface area contributed by atoms with E-state index in [1.54, 1.807) is 6.07 Å². The summed E-state index contributed by atoms with van der Waals surface area (Å²) in [5.41, 5.74) is 1.74. The summed E-state index contributed by atoms with van der Waals surface area (Å²) >= 11 is 6.03. The second kappa shape index (κ2) is 7.05. The van der Waals surface area contributed by atoms with Crippen molar-refractivity contribution in [1.82, 2.24) is 9.97 Å². The Morgan fingerprint density at radius 3 is 2.62 bits per heavy atom. The number of aromatic nitrogens is 2. The number of halogens is 1. The molecule has 0 radical (unpaired) electrons. The molecule has 0 saturated heterocycles. The molecule has 1 atom stereocenters. The van der Waals surface area contributed by atoms with Crippen LogP contribution >= 0.6 is 11.6 Å². The zero-order chi connectivity index (χ0) is 15.2. The molecule has 108 valence electrons. The molecule has 1 unspecified atom stereocenters. The first kappa shape index (κ1) is 15.3. The smallest absolute Gasteiger partial charge is 0.134 e. The molecule has 0 saturated carbocycles. The fourth-order valence-corrected chi connectivity index (χ4v) is 2.23. The summed E-state index contributed by atoms with van der Waals surface area (Å²) in [7, 11) is 0. The highest BCUT2D eigenvalue weighted by molar-refractivity contribution is 6.29. The number of rotatable bonds is 5. The highest BCUT2D eigenvalue weighted by Gasteiger charge is 2.08. The van der Waals surface area contributed by atoms with E-state index < -0.39 is 0 Å². The van der Waals surface area contributed by atoms with Gasteiger partial charge in [0, 0.05) is 18.5 Å². The number of benzene rings is 1. The van der Waals surface area contributed by atoms with E-state index in [2.05, 4.69) is 28.3 Å². The summed E-state index contributed by atoms with van der Waals surface area (Å²) in [6, 6.07) is 11.4. The van der Waals surface area contributed by atoms with Gasteiger partial charge in [0.25, 0.3) is 0 Å². The van der Waals surface area contributed by atoms with Crippen LogP contribution in [0, 0.1) is 11.3 Å². The molecule has 0 bridgehead atoms. The van der Waals surface area contributed by atoms with Crippen LogP contribution in [0.1, 0.15) is 43.3 Å². The van der Waals surface area contributed by atoms with Crippen LogP contribution in [0.4, 0.5) is 5.82 Å². The molecule has 4 nitrogen and oxygen atoms in total. The lowest BCUT2D eigenvalue weighted by molar-refractivity contribution is 0.819. The van der Waals surface area contributed by atoms with E-state index in [1.807, 2.05) is 31.2 Å². The summed E-state index contributed by atoms with van der Waals surface area (Å²) in [6.07, 6.45) is 1.78. The molecule has 0 aliphatic heterocycles. The van der Waals surface area contributed by atoms with Crippen LogP contribution in [-0.4, -0.2) is 9.97 Å². The van der Waals surface area contributed by atoms with Gasteiger partial charge in [0.2, 0.25) is 0 Å². The number of nitriles is 1. The first-order valence-corrected chi connectivity index (χ1v) is 7.30. The molecule has 0 fully saturated rings.